The highest BCUT2D eigenvalue weighted by Crippen LogP contribution is 2.32. The number of hydrogen-bond acceptors (Lipinski definition) is 4. The molecule has 0 aliphatic heterocycles. The van der Waals surface area contributed by atoms with Gasteiger partial charge in [-0.2, -0.15) is 5.10 Å². The molecule has 0 saturated heterocycles. The molecule has 0 atom stereocenters. The average Bonchev–Trinajstić information content (AvgIpc) is 2.77. The number of hydrogen-bond donors (Lipinski definition) is 1. The van der Waals surface area contributed by atoms with Crippen LogP contribution >= 0.6 is 45.8 Å². The summed E-state index contributed by atoms with van der Waals surface area (Å²) in [6, 6.07) is 19.8. The Morgan fingerprint density at radius 1 is 1.03 bits per heavy atom. The number of carbonyl (C=O) groups is 1. The summed E-state index contributed by atoms with van der Waals surface area (Å²) in [5, 5.41) is 4.56. The minimum atomic E-state index is -4.09. The van der Waals surface area contributed by atoms with Crippen LogP contribution in [0.5, 0.6) is 0 Å². The topological polar surface area (TPSA) is 78.8 Å². The number of sulfonamides is 1. The Hall–Kier alpha value is -2.14. The Labute approximate surface area is 210 Å². The molecule has 1 amide bonds. The number of hydrazone groups is 1. The standard InChI is InChI=1S/C22H18Cl2IN3O3S/c1-15(16-6-5-7-18(25)12-16)26-27-22(29)14-28(21-11-10-17(23)13-20(21)24)32(30,31)19-8-3-2-4-9-19/h2-13H,14H2,1H3,(H,27,29)/b26-15-. The fourth-order valence-corrected chi connectivity index (χ4v) is 5.36. The van der Waals surface area contributed by atoms with Crippen LogP contribution in [0, 0.1) is 3.57 Å². The lowest BCUT2D eigenvalue weighted by Gasteiger charge is -2.24. The minimum Gasteiger partial charge on any atom is -0.271 e. The SMILES string of the molecule is C/C(=N/NC(=O)CN(c1ccc(Cl)cc1Cl)S(=O)(=O)c1ccccc1)c1cccc(I)c1. The van der Waals surface area contributed by atoms with E-state index in [0.29, 0.717) is 10.7 Å². The number of halogens is 3. The molecule has 0 heterocycles. The predicted molar refractivity (Wildman–Crippen MR) is 137 cm³/mol. The molecule has 0 saturated carbocycles. The van der Waals surface area contributed by atoms with Gasteiger partial charge in [0.05, 0.1) is 21.3 Å². The second kappa shape index (κ2) is 10.7. The second-order valence-electron chi connectivity index (χ2n) is 6.66. The van der Waals surface area contributed by atoms with Crippen molar-refractivity contribution in [1.29, 1.82) is 0 Å². The molecule has 32 heavy (non-hydrogen) atoms. The van der Waals surface area contributed by atoms with E-state index in [1.807, 2.05) is 24.3 Å². The number of amides is 1. The summed E-state index contributed by atoms with van der Waals surface area (Å²) in [6.07, 6.45) is 0. The van der Waals surface area contributed by atoms with Crippen molar-refractivity contribution in [2.24, 2.45) is 5.10 Å². The van der Waals surface area contributed by atoms with Crippen molar-refractivity contribution in [3.8, 4) is 0 Å². The molecule has 0 aliphatic rings. The van der Waals surface area contributed by atoms with E-state index in [0.717, 1.165) is 13.4 Å². The first-order chi connectivity index (χ1) is 15.2. The third-order valence-electron chi connectivity index (χ3n) is 4.39. The molecule has 0 aromatic heterocycles. The quantitative estimate of drug-likeness (QED) is 0.226. The van der Waals surface area contributed by atoms with E-state index in [2.05, 4.69) is 33.1 Å². The summed E-state index contributed by atoms with van der Waals surface area (Å²) in [7, 11) is -4.09. The lowest BCUT2D eigenvalue weighted by Crippen LogP contribution is -2.40. The van der Waals surface area contributed by atoms with Crippen molar-refractivity contribution in [2.75, 3.05) is 10.8 Å². The zero-order valence-electron chi connectivity index (χ0n) is 16.8. The van der Waals surface area contributed by atoms with E-state index >= 15 is 0 Å². The maximum absolute atomic E-state index is 13.3. The van der Waals surface area contributed by atoms with Gasteiger partial charge in [0.15, 0.2) is 0 Å². The zero-order chi connectivity index (χ0) is 23.3. The molecule has 0 bridgehead atoms. The Morgan fingerprint density at radius 2 is 1.75 bits per heavy atom. The van der Waals surface area contributed by atoms with E-state index in [1.54, 1.807) is 25.1 Å². The fraction of sp³-hybridized carbons (Fsp3) is 0.0909. The van der Waals surface area contributed by atoms with Gasteiger partial charge in [-0.3, -0.25) is 9.10 Å². The van der Waals surface area contributed by atoms with Crippen molar-refractivity contribution in [1.82, 2.24) is 5.43 Å². The second-order valence-corrected chi connectivity index (χ2v) is 10.6. The highest BCUT2D eigenvalue weighted by Gasteiger charge is 2.28. The maximum atomic E-state index is 13.3. The first-order valence-corrected chi connectivity index (χ1v) is 12.6. The molecule has 0 aliphatic carbocycles. The normalized spacial score (nSPS) is 11.8. The van der Waals surface area contributed by atoms with Gasteiger partial charge in [0.1, 0.15) is 6.54 Å². The van der Waals surface area contributed by atoms with Gasteiger partial charge in [-0.15, -0.1) is 0 Å². The molecule has 3 aromatic carbocycles. The van der Waals surface area contributed by atoms with Crippen molar-refractivity contribution in [2.45, 2.75) is 11.8 Å². The van der Waals surface area contributed by atoms with E-state index < -0.39 is 22.5 Å². The molecule has 6 nitrogen and oxygen atoms in total. The van der Waals surface area contributed by atoms with Gasteiger partial charge in [-0.1, -0.05) is 53.5 Å². The Bertz CT molecular complexity index is 1270. The molecule has 0 unspecified atom stereocenters. The fourth-order valence-electron chi connectivity index (χ4n) is 2.79. The molecule has 3 aromatic rings. The van der Waals surface area contributed by atoms with Gasteiger partial charge in [-0.05, 0) is 77.5 Å². The van der Waals surface area contributed by atoms with Crippen molar-refractivity contribution < 1.29 is 13.2 Å². The van der Waals surface area contributed by atoms with Crippen LogP contribution in [0.4, 0.5) is 5.69 Å². The summed E-state index contributed by atoms with van der Waals surface area (Å²) < 4.78 is 28.6. The molecule has 3 rings (SSSR count). The Balaban J connectivity index is 1.90. The monoisotopic (exact) mass is 601 g/mol. The Morgan fingerprint density at radius 3 is 2.41 bits per heavy atom. The van der Waals surface area contributed by atoms with E-state index in [4.69, 9.17) is 23.2 Å². The number of nitrogens with zero attached hydrogens (tertiary/aromatic N) is 2. The summed E-state index contributed by atoms with van der Waals surface area (Å²) in [5.41, 5.74) is 3.98. The molecule has 0 spiro atoms. The van der Waals surface area contributed by atoms with Crippen molar-refractivity contribution >= 4 is 73.1 Å². The third-order valence-corrected chi connectivity index (χ3v) is 7.37. The van der Waals surface area contributed by atoms with Crippen LogP contribution in [-0.4, -0.2) is 26.6 Å². The highest BCUT2D eigenvalue weighted by atomic mass is 127. The van der Waals surface area contributed by atoms with Crippen LogP contribution in [0.1, 0.15) is 12.5 Å². The Kier molecular flexibility index (Phi) is 8.16. The number of carbonyl (C=O) groups excluding carboxylic acids is 1. The first-order valence-electron chi connectivity index (χ1n) is 9.30. The maximum Gasteiger partial charge on any atom is 0.264 e. The van der Waals surface area contributed by atoms with Crippen molar-refractivity contribution in [3.63, 3.8) is 0 Å². The van der Waals surface area contributed by atoms with E-state index in [9.17, 15) is 13.2 Å². The summed E-state index contributed by atoms with van der Waals surface area (Å²) in [5.74, 6) is -0.625. The third kappa shape index (κ3) is 6.00. The van der Waals surface area contributed by atoms with Crippen LogP contribution < -0.4 is 9.73 Å². The van der Waals surface area contributed by atoms with Crippen LogP contribution in [0.3, 0.4) is 0 Å². The lowest BCUT2D eigenvalue weighted by atomic mass is 10.1. The van der Waals surface area contributed by atoms with Crippen LogP contribution in [0.15, 0.2) is 82.8 Å². The number of benzene rings is 3. The predicted octanol–water partition coefficient (Wildman–Crippen LogP) is 5.33. The smallest absolute Gasteiger partial charge is 0.264 e. The molecule has 166 valence electrons. The molecule has 0 radical (unpaired) electrons. The molecular formula is C22H18Cl2IN3O3S. The zero-order valence-corrected chi connectivity index (χ0v) is 21.3. The number of anilines is 1. The summed E-state index contributed by atoms with van der Waals surface area (Å²) >= 11 is 14.4. The van der Waals surface area contributed by atoms with Gasteiger partial charge in [0.25, 0.3) is 15.9 Å². The van der Waals surface area contributed by atoms with Crippen LogP contribution in [0.25, 0.3) is 0 Å². The van der Waals surface area contributed by atoms with Gasteiger partial charge in [0, 0.05) is 8.59 Å². The summed E-state index contributed by atoms with van der Waals surface area (Å²) in [4.78, 5) is 12.7. The van der Waals surface area contributed by atoms with Gasteiger partial charge in [0.2, 0.25) is 0 Å². The molecule has 10 heteroatoms. The van der Waals surface area contributed by atoms with Gasteiger partial charge >= 0.3 is 0 Å². The van der Waals surface area contributed by atoms with Crippen LogP contribution in [0.2, 0.25) is 10.0 Å². The first kappa shape index (κ1) is 24.5. The molecule has 1 N–H and O–H groups in total. The average molecular weight is 602 g/mol. The van der Waals surface area contributed by atoms with E-state index in [-0.39, 0.29) is 15.6 Å². The lowest BCUT2D eigenvalue weighted by molar-refractivity contribution is -0.119. The summed E-state index contributed by atoms with van der Waals surface area (Å²) in [6.45, 7) is 1.22. The number of nitrogens with one attached hydrogen (secondary N) is 1. The van der Waals surface area contributed by atoms with Gasteiger partial charge in [-0.25, -0.2) is 13.8 Å². The molecule has 0 fully saturated rings. The highest BCUT2D eigenvalue weighted by molar-refractivity contribution is 14.1. The minimum absolute atomic E-state index is 0.0253. The van der Waals surface area contributed by atoms with Gasteiger partial charge < -0.3 is 0 Å². The molecular weight excluding hydrogens is 584 g/mol. The van der Waals surface area contributed by atoms with Crippen molar-refractivity contribution in [3.05, 3.63) is 92.0 Å². The van der Waals surface area contributed by atoms with E-state index in [1.165, 1.54) is 30.3 Å². The van der Waals surface area contributed by atoms with Crippen LogP contribution in [-0.2, 0) is 14.8 Å². The largest absolute Gasteiger partial charge is 0.271 e. The number of rotatable bonds is 7.